The van der Waals surface area contributed by atoms with Crippen LogP contribution in [0, 0.1) is 6.92 Å². The highest BCUT2D eigenvalue weighted by atomic mass is 16.2. The van der Waals surface area contributed by atoms with E-state index in [1.54, 1.807) is 6.07 Å². The van der Waals surface area contributed by atoms with Gasteiger partial charge in [-0.1, -0.05) is 35.9 Å². The topological polar surface area (TPSA) is 74.8 Å². The van der Waals surface area contributed by atoms with Gasteiger partial charge >= 0.3 is 0 Å². The quantitative estimate of drug-likeness (QED) is 0.129. The van der Waals surface area contributed by atoms with E-state index in [9.17, 15) is 19.2 Å². The van der Waals surface area contributed by atoms with E-state index in [-0.39, 0.29) is 23.6 Å². The Morgan fingerprint density at radius 2 is 0.956 bits per heavy atom. The summed E-state index contributed by atoms with van der Waals surface area (Å²) < 4.78 is 1.73. The molecule has 0 N–H and O–H groups in total. The Labute approximate surface area is 267 Å². The summed E-state index contributed by atoms with van der Waals surface area (Å²) in [5, 5.41) is 1.71. The van der Waals surface area contributed by atoms with Gasteiger partial charge in [0.1, 0.15) is 0 Å². The van der Waals surface area contributed by atoms with Gasteiger partial charge in [0, 0.05) is 42.4 Å². The summed E-state index contributed by atoms with van der Waals surface area (Å²) in [5.41, 5.74) is 3.29. The molecule has 0 radical (unpaired) electrons. The van der Waals surface area contributed by atoms with E-state index < -0.39 is 0 Å². The van der Waals surface area contributed by atoms with Gasteiger partial charge in [-0.3, -0.25) is 29.0 Å². The van der Waals surface area contributed by atoms with E-state index >= 15 is 0 Å². The van der Waals surface area contributed by atoms with Crippen LogP contribution in [0.5, 0.6) is 0 Å². The first-order valence-electron chi connectivity index (χ1n) is 16.4. The van der Waals surface area contributed by atoms with Gasteiger partial charge in [0.15, 0.2) is 0 Å². The minimum Gasteiger partial charge on any atom is -0.328 e. The van der Waals surface area contributed by atoms with Crippen LogP contribution >= 0.6 is 0 Å². The molecule has 0 atom stereocenters. The number of carbonyl (C=O) groups excluding carboxylic acids is 4. The van der Waals surface area contributed by atoms with Crippen molar-refractivity contribution in [3.8, 4) is 0 Å². The van der Waals surface area contributed by atoms with E-state index in [0.29, 0.717) is 35.3 Å². The zero-order chi connectivity index (χ0) is 32.4. The van der Waals surface area contributed by atoms with Gasteiger partial charge in [-0.2, -0.15) is 0 Å². The molecule has 0 fully saturated rings. The molecule has 0 aliphatic carbocycles. The van der Waals surface area contributed by atoms with Crippen molar-refractivity contribution in [2.45, 2.75) is 45.4 Å². The number of hydrogen-bond acceptors (Lipinski definition) is 4. The van der Waals surface area contributed by atoms with Crippen molar-refractivity contribution in [2.75, 3.05) is 67.5 Å². The van der Waals surface area contributed by atoms with E-state index in [4.69, 9.17) is 0 Å². The van der Waals surface area contributed by atoms with Crippen molar-refractivity contribution in [1.82, 2.24) is 9.80 Å². The first-order valence-corrected chi connectivity index (χ1v) is 16.4. The van der Waals surface area contributed by atoms with Gasteiger partial charge in [0.05, 0.1) is 65.5 Å². The first-order chi connectivity index (χ1) is 21.4. The molecule has 4 amide bonds. The van der Waals surface area contributed by atoms with Crippen molar-refractivity contribution in [1.29, 1.82) is 0 Å². The summed E-state index contributed by atoms with van der Waals surface area (Å²) in [7, 11) is 8.90. The summed E-state index contributed by atoms with van der Waals surface area (Å²) >= 11 is 0. The third-order valence-electron chi connectivity index (χ3n) is 9.55. The third kappa shape index (κ3) is 7.18. The number of rotatable bonds is 15. The maximum Gasteiger partial charge on any atom is 0.261 e. The number of hydrogen-bond donors (Lipinski definition) is 0. The molecule has 0 saturated carbocycles. The normalized spacial score (nSPS) is 15.0. The van der Waals surface area contributed by atoms with Gasteiger partial charge in [0.2, 0.25) is 0 Å². The Balaban J connectivity index is 0.973. The lowest BCUT2D eigenvalue weighted by Gasteiger charge is -2.32. The monoisotopic (exact) mass is 612 g/mol. The third-order valence-corrected chi connectivity index (χ3v) is 9.55. The Kier molecular flexibility index (Phi) is 9.56. The maximum atomic E-state index is 13.2. The molecule has 0 bridgehead atoms. The molecule has 3 aromatic rings. The predicted octanol–water partition coefficient (Wildman–Crippen LogP) is 5.53. The van der Waals surface area contributed by atoms with E-state index in [1.807, 2.05) is 55.5 Å². The first kappa shape index (κ1) is 32.5. The molecule has 8 heteroatoms. The largest absolute Gasteiger partial charge is 0.328 e. The molecule has 5 rings (SSSR count). The summed E-state index contributed by atoms with van der Waals surface area (Å²) in [5.74, 6) is -0.703. The number of carbonyl (C=O) groups is 4. The van der Waals surface area contributed by atoms with Crippen LogP contribution in [-0.2, 0) is 0 Å². The molecule has 2 heterocycles. The van der Waals surface area contributed by atoms with Crippen molar-refractivity contribution < 1.29 is 28.1 Å². The number of unbranched alkanes of at least 4 members (excludes halogenated alkanes) is 3. The lowest BCUT2D eigenvalue weighted by Crippen LogP contribution is -2.45. The van der Waals surface area contributed by atoms with Crippen LogP contribution in [0.3, 0.4) is 0 Å². The van der Waals surface area contributed by atoms with Crippen molar-refractivity contribution in [2.24, 2.45) is 0 Å². The van der Waals surface area contributed by atoms with Gasteiger partial charge in [0.25, 0.3) is 23.6 Å². The Morgan fingerprint density at radius 3 is 1.47 bits per heavy atom. The standard InChI is InChI=1S/C37H48N4O4/c1-27-18-19-29-32(26-27)37(45)38(34(29)42)20-12-24-40(2,3)22-8-6-7-9-23-41(4,5)25-13-21-39-35(43)30-16-10-14-28-15-11-17-31(33(28)30)36(39)44/h10-11,14-19,26H,6-9,12-13,20-25H2,1-5H3/q+2. The number of amides is 4. The maximum absolute atomic E-state index is 13.2. The fraction of sp³-hybridized carbons (Fsp3) is 0.459. The van der Waals surface area contributed by atoms with Crippen LogP contribution in [0.4, 0.5) is 0 Å². The van der Waals surface area contributed by atoms with Crippen molar-refractivity contribution in [3.05, 3.63) is 82.4 Å². The lowest BCUT2D eigenvalue weighted by molar-refractivity contribution is -0.891. The fourth-order valence-corrected chi connectivity index (χ4v) is 6.86. The molecule has 238 valence electrons. The van der Waals surface area contributed by atoms with Gasteiger partial charge in [-0.05, 0) is 62.3 Å². The average molecular weight is 613 g/mol. The number of fused-ring (bicyclic) bond motifs is 1. The van der Waals surface area contributed by atoms with Crippen LogP contribution in [0.25, 0.3) is 10.8 Å². The highest BCUT2D eigenvalue weighted by Crippen LogP contribution is 2.30. The van der Waals surface area contributed by atoms with Crippen LogP contribution in [0.1, 0.15) is 85.5 Å². The van der Waals surface area contributed by atoms with Crippen LogP contribution in [0.15, 0.2) is 54.6 Å². The van der Waals surface area contributed by atoms with E-state index in [2.05, 4.69) is 28.2 Å². The molecule has 0 spiro atoms. The summed E-state index contributed by atoms with van der Waals surface area (Å²) in [4.78, 5) is 54.7. The van der Waals surface area contributed by atoms with Gasteiger partial charge < -0.3 is 8.97 Å². The summed E-state index contributed by atoms with van der Waals surface area (Å²) in [6.07, 6.45) is 6.17. The van der Waals surface area contributed by atoms with Gasteiger partial charge in [-0.15, -0.1) is 0 Å². The molecular formula is C37H48N4O4+2. The van der Waals surface area contributed by atoms with E-state index in [1.165, 1.54) is 22.6 Å². The SMILES string of the molecule is Cc1ccc2c(c1)C(=O)N(CCC[N+](C)(C)CCCCCC[N+](C)(C)CCCN1C(=O)c3cccc4cccc(c34)C1=O)C2=O. The second-order valence-electron chi connectivity index (χ2n) is 14.2. The smallest absolute Gasteiger partial charge is 0.261 e. The molecule has 8 nitrogen and oxygen atoms in total. The highest BCUT2D eigenvalue weighted by molar-refractivity contribution is 6.25. The van der Waals surface area contributed by atoms with Crippen LogP contribution in [0.2, 0.25) is 0 Å². The molecule has 2 aliphatic heterocycles. The van der Waals surface area contributed by atoms with E-state index in [0.717, 1.165) is 77.2 Å². The second kappa shape index (κ2) is 13.2. The summed E-state index contributed by atoms with van der Waals surface area (Å²) in [6.45, 7) is 6.77. The van der Waals surface area contributed by atoms with Gasteiger partial charge in [-0.25, -0.2) is 0 Å². The minimum atomic E-state index is -0.186. The Morgan fingerprint density at radius 1 is 0.511 bits per heavy atom. The highest BCUT2D eigenvalue weighted by Gasteiger charge is 2.35. The second-order valence-corrected chi connectivity index (χ2v) is 14.2. The number of imide groups is 2. The molecule has 0 unspecified atom stereocenters. The van der Waals surface area contributed by atoms with Crippen molar-refractivity contribution in [3.63, 3.8) is 0 Å². The summed E-state index contributed by atoms with van der Waals surface area (Å²) in [6, 6.07) is 16.8. The van der Waals surface area contributed by atoms with Crippen molar-refractivity contribution >= 4 is 34.4 Å². The Hall–Kier alpha value is -3.88. The molecule has 2 aliphatic rings. The molecular weight excluding hydrogens is 564 g/mol. The average Bonchev–Trinajstić information content (AvgIpc) is 3.23. The fourth-order valence-electron chi connectivity index (χ4n) is 6.86. The number of quaternary nitrogens is 2. The molecule has 0 aromatic heterocycles. The van der Waals surface area contributed by atoms with Crippen LogP contribution < -0.4 is 0 Å². The number of benzene rings is 3. The zero-order valence-electron chi connectivity index (χ0n) is 27.6. The van der Waals surface area contributed by atoms with Crippen LogP contribution in [-0.4, -0.2) is 110 Å². The predicted molar refractivity (Wildman–Crippen MR) is 177 cm³/mol. The molecule has 45 heavy (non-hydrogen) atoms. The number of nitrogens with zero attached hydrogens (tertiary/aromatic N) is 4. The zero-order valence-corrected chi connectivity index (χ0v) is 27.6. The minimum absolute atomic E-state index is 0.164. The molecule has 0 saturated heterocycles. The molecule has 3 aromatic carbocycles. The number of aryl methyl sites for hydroxylation is 1. The Bertz CT molecular complexity index is 1580. The lowest BCUT2D eigenvalue weighted by atomic mass is 9.94.